The molecule has 0 aliphatic carbocycles. The van der Waals surface area contributed by atoms with Crippen molar-refractivity contribution in [3.05, 3.63) is 77.2 Å². The maximum absolute atomic E-state index is 12.8. The second-order valence-electron chi connectivity index (χ2n) is 7.87. The van der Waals surface area contributed by atoms with Crippen LogP contribution in [0.3, 0.4) is 0 Å². The van der Waals surface area contributed by atoms with Crippen LogP contribution in [0.15, 0.2) is 64.0 Å². The number of carbonyl (C=O) groups is 1. The van der Waals surface area contributed by atoms with Crippen LogP contribution in [0.5, 0.6) is 0 Å². The summed E-state index contributed by atoms with van der Waals surface area (Å²) in [5, 5.41) is 8.34. The van der Waals surface area contributed by atoms with Gasteiger partial charge in [0.05, 0.1) is 19.1 Å². The van der Waals surface area contributed by atoms with E-state index in [1.165, 1.54) is 0 Å². The highest BCUT2D eigenvalue weighted by atomic mass is 16.5. The van der Waals surface area contributed by atoms with E-state index in [9.17, 15) is 4.79 Å². The number of ketones is 1. The van der Waals surface area contributed by atoms with E-state index < -0.39 is 0 Å². The SMILES string of the molecule is CC(c1cccc(C(=O)c2ccccc2)c1)c1nnc(N=C(N(C)C)N2CCOCC2)o1. The van der Waals surface area contributed by atoms with E-state index in [2.05, 4.69) is 20.1 Å². The molecule has 1 saturated heterocycles. The quantitative estimate of drug-likeness (QED) is 0.347. The number of rotatable bonds is 5. The third-order valence-electron chi connectivity index (χ3n) is 5.37. The second kappa shape index (κ2) is 9.74. The molecular formula is C24H27N5O3. The molecule has 8 nitrogen and oxygen atoms in total. The van der Waals surface area contributed by atoms with Gasteiger partial charge >= 0.3 is 6.01 Å². The summed E-state index contributed by atoms with van der Waals surface area (Å²) in [6.07, 6.45) is 0. The predicted octanol–water partition coefficient (Wildman–Crippen LogP) is 3.33. The molecule has 166 valence electrons. The number of benzene rings is 2. The fourth-order valence-electron chi connectivity index (χ4n) is 3.60. The number of morpholine rings is 1. The molecule has 32 heavy (non-hydrogen) atoms. The zero-order valence-electron chi connectivity index (χ0n) is 18.6. The van der Waals surface area contributed by atoms with Crippen molar-refractivity contribution in [3.63, 3.8) is 0 Å². The van der Waals surface area contributed by atoms with Crippen molar-refractivity contribution in [1.82, 2.24) is 20.0 Å². The van der Waals surface area contributed by atoms with Gasteiger partial charge in [-0.05, 0) is 18.6 Å². The normalized spacial score (nSPS) is 15.5. The summed E-state index contributed by atoms with van der Waals surface area (Å²) in [7, 11) is 3.87. The Labute approximate surface area is 187 Å². The van der Waals surface area contributed by atoms with Crippen molar-refractivity contribution >= 4 is 17.8 Å². The van der Waals surface area contributed by atoms with Crippen LogP contribution in [0.1, 0.15) is 40.2 Å². The third kappa shape index (κ3) is 4.86. The molecule has 1 unspecified atom stereocenters. The lowest BCUT2D eigenvalue weighted by molar-refractivity contribution is 0.0637. The summed E-state index contributed by atoms with van der Waals surface area (Å²) < 4.78 is 11.3. The molecule has 0 N–H and O–H groups in total. The number of guanidine groups is 1. The number of hydrogen-bond donors (Lipinski definition) is 0. The van der Waals surface area contributed by atoms with Gasteiger partial charge in [0.25, 0.3) is 0 Å². The van der Waals surface area contributed by atoms with E-state index in [0.717, 1.165) is 24.6 Å². The fraction of sp³-hybridized carbons (Fsp3) is 0.333. The summed E-state index contributed by atoms with van der Waals surface area (Å²) >= 11 is 0. The lowest BCUT2D eigenvalue weighted by Crippen LogP contribution is -2.46. The first kappa shape index (κ1) is 21.7. The molecule has 1 atom stereocenters. The van der Waals surface area contributed by atoms with Crippen molar-refractivity contribution < 1.29 is 13.9 Å². The molecule has 2 aromatic carbocycles. The highest BCUT2D eigenvalue weighted by molar-refractivity contribution is 6.09. The molecule has 0 amide bonds. The fourth-order valence-corrected chi connectivity index (χ4v) is 3.60. The molecule has 0 bridgehead atoms. The Morgan fingerprint density at radius 1 is 1.03 bits per heavy atom. The van der Waals surface area contributed by atoms with Crippen LogP contribution in [-0.2, 0) is 4.74 Å². The molecule has 1 aliphatic rings. The average molecular weight is 434 g/mol. The highest BCUT2D eigenvalue weighted by Crippen LogP contribution is 2.26. The van der Waals surface area contributed by atoms with Gasteiger partial charge in [-0.15, -0.1) is 5.10 Å². The third-order valence-corrected chi connectivity index (χ3v) is 5.37. The van der Waals surface area contributed by atoms with Crippen LogP contribution < -0.4 is 0 Å². The zero-order valence-corrected chi connectivity index (χ0v) is 18.6. The van der Waals surface area contributed by atoms with Crippen LogP contribution in [0.25, 0.3) is 0 Å². The van der Waals surface area contributed by atoms with Gasteiger partial charge in [0.2, 0.25) is 11.9 Å². The first-order valence-corrected chi connectivity index (χ1v) is 10.6. The topological polar surface area (TPSA) is 84.1 Å². The second-order valence-corrected chi connectivity index (χ2v) is 7.87. The number of aliphatic imine (C=N–C) groups is 1. The van der Waals surface area contributed by atoms with E-state index in [4.69, 9.17) is 9.15 Å². The molecule has 0 radical (unpaired) electrons. The Kier molecular flexibility index (Phi) is 6.61. The van der Waals surface area contributed by atoms with Gasteiger partial charge in [-0.25, -0.2) is 0 Å². The van der Waals surface area contributed by atoms with Gasteiger partial charge in [0.1, 0.15) is 0 Å². The summed E-state index contributed by atoms with van der Waals surface area (Å²) in [6.45, 7) is 4.82. The monoisotopic (exact) mass is 433 g/mol. The van der Waals surface area contributed by atoms with Crippen molar-refractivity contribution in [2.45, 2.75) is 12.8 Å². The van der Waals surface area contributed by atoms with Crippen molar-refractivity contribution in [2.75, 3.05) is 40.4 Å². The molecule has 4 rings (SSSR count). The van der Waals surface area contributed by atoms with Gasteiger partial charge in [-0.3, -0.25) is 4.79 Å². The van der Waals surface area contributed by atoms with E-state index >= 15 is 0 Å². The van der Waals surface area contributed by atoms with E-state index in [1.807, 2.05) is 80.5 Å². The van der Waals surface area contributed by atoms with Gasteiger partial charge in [0, 0.05) is 38.3 Å². The summed E-state index contributed by atoms with van der Waals surface area (Å²) in [6, 6.07) is 17.0. The maximum Gasteiger partial charge on any atom is 0.345 e. The number of carbonyl (C=O) groups excluding carboxylic acids is 1. The highest BCUT2D eigenvalue weighted by Gasteiger charge is 2.21. The van der Waals surface area contributed by atoms with Crippen LogP contribution in [0.2, 0.25) is 0 Å². The predicted molar refractivity (Wildman–Crippen MR) is 121 cm³/mol. The van der Waals surface area contributed by atoms with Gasteiger partial charge in [0.15, 0.2) is 5.78 Å². The summed E-state index contributed by atoms with van der Waals surface area (Å²) in [5.41, 5.74) is 2.21. The van der Waals surface area contributed by atoms with Gasteiger partial charge in [-0.2, -0.15) is 4.99 Å². The number of nitrogens with zero attached hydrogens (tertiary/aromatic N) is 5. The molecule has 3 aromatic rings. The molecule has 1 aliphatic heterocycles. The van der Waals surface area contributed by atoms with Crippen LogP contribution >= 0.6 is 0 Å². The first-order valence-electron chi connectivity index (χ1n) is 10.6. The lowest BCUT2D eigenvalue weighted by atomic mass is 9.96. The number of ether oxygens (including phenoxy) is 1. The largest absolute Gasteiger partial charge is 0.406 e. The van der Waals surface area contributed by atoms with Crippen molar-refractivity contribution in [1.29, 1.82) is 0 Å². The zero-order chi connectivity index (χ0) is 22.5. The Balaban J connectivity index is 1.55. The molecule has 0 saturated carbocycles. The molecular weight excluding hydrogens is 406 g/mol. The minimum absolute atomic E-state index is 0.0170. The summed E-state index contributed by atoms with van der Waals surface area (Å²) in [4.78, 5) is 21.5. The van der Waals surface area contributed by atoms with Crippen LogP contribution in [0.4, 0.5) is 6.01 Å². The van der Waals surface area contributed by atoms with Crippen LogP contribution in [-0.4, -0.2) is 72.1 Å². The smallest absolute Gasteiger partial charge is 0.345 e. The standard InChI is InChI=1S/C24H27N5O3/c1-17(19-10-7-11-20(16-19)21(30)18-8-5-4-6-9-18)22-26-27-23(32-22)25-24(28(2)3)29-12-14-31-15-13-29/h4-11,16-17H,12-15H2,1-3H3. The molecule has 8 heteroatoms. The van der Waals surface area contributed by atoms with Crippen molar-refractivity contribution in [2.24, 2.45) is 4.99 Å². The first-order chi connectivity index (χ1) is 15.5. The number of hydrogen-bond acceptors (Lipinski definition) is 6. The maximum atomic E-state index is 12.8. The van der Waals surface area contributed by atoms with Crippen LogP contribution in [0, 0.1) is 0 Å². The number of aromatic nitrogens is 2. The Morgan fingerprint density at radius 3 is 2.47 bits per heavy atom. The molecule has 2 heterocycles. The Morgan fingerprint density at radius 2 is 1.75 bits per heavy atom. The summed E-state index contributed by atoms with van der Waals surface area (Å²) in [5.74, 6) is 1.01. The van der Waals surface area contributed by atoms with E-state index in [-0.39, 0.29) is 17.7 Å². The lowest BCUT2D eigenvalue weighted by Gasteiger charge is -2.32. The minimum Gasteiger partial charge on any atom is -0.406 e. The van der Waals surface area contributed by atoms with E-state index in [0.29, 0.717) is 30.2 Å². The molecule has 0 spiro atoms. The Hall–Kier alpha value is -3.52. The minimum atomic E-state index is -0.179. The Bertz CT molecular complexity index is 1090. The molecule has 1 fully saturated rings. The van der Waals surface area contributed by atoms with E-state index in [1.54, 1.807) is 0 Å². The van der Waals surface area contributed by atoms with Gasteiger partial charge in [-0.1, -0.05) is 53.6 Å². The average Bonchev–Trinajstić information content (AvgIpc) is 3.31. The van der Waals surface area contributed by atoms with Gasteiger partial charge < -0.3 is 19.0 Å². The van der Waals surface area contributed by atoms with Crippen molar-refractivity contribution in [3.8, 4) is 0 Å². The molecule has 1 aromatic heterocycles.